The van der Waals surface area contributed by atoms with Crippen LogP contribution in [0.4, 0.5) is 0 Å². The maximum atomic E-state index is 11.9. The molecule has 2 aromatic rings. The molecule has 0 saturated heterocycles. The first-order valence-electron chi connectivity index (χ1n) is 9.13. The molecule has 0 N–H and O–H groups in total. The number of hydrogen-bond donors (Lipinski definition) is 0. The van der Waals surface area contributed by atoms with Gasteiger partial charge in [0.2, 0.25) is 8.32 Å². The lowest BCUT2D eigenvalue weighted by Crippen LogP contribution is -2.29. The summed E-state index contributed by atoms with van der Waals surface area (Å²) >= 11 is 0. The Morgan fingerprint density at radius 3 is 2.36 bits per heavy atom. The summed E-state index contributed by atoms with van der Waals surface area (Å²) < 4.78 is 16.5. The van der Waals surface area contributed by atoms with Crippen molar-refractivity contribution < 1.29 is 23.5 Å². The summed E-state index contributed by atoms with van der Waals surface area (Å²) in [5.74, 6) is 0.0462. The molecule has 0 spiro atoms. The number of carbonyl (C=O) groups is 2. The van der Waals surface area contributed by atoms with Crippen molar-refractivity contribution in [2.75, 3.05) is 6.61 Å². The molecule has 148 valence electrons. The number of hydrogen-bond acceptors (Lipinski definition) is 5. The minimum absolute atomic E-state index is 0.322. The first kappa shape index (κ1) is 21.4. The Kier molecular flexibility index (Phi) is 7.58. The molecule has 2 rings (SSSR count). The largest absolute Gasteiger partial charge is 0.542 e. The van der Waals surface area contributed by atoms with Gasteiger partial charge >= 0.3 is 11.9 Å². The topological polar surface area (TPSA) is 61.8 Å². The number of rotatable bonds is 8. The van der Waals surface area contributed by atoms with E-state index >= 15 is 0 Å². The van der Waals surface area contributed by atoms with E-state index in [0.717, 1.165) is 11.1 Å². The zero-order chi connectivity index (χ0) is 20.6. The summed E-state index contributed by atoms with van der Waals surface area (Å²) in [6, 6.07) is 15.0. The van der Waals surface area contributed by atoms with Gasteiger partial charge in [-0.1, -0.05) is 36.4 Å². The summed E-state index contributed by atoms with van der Waals surface area (Å²) in [6.07, 6.45) is 3.70. The highest BCUT2D eigenvalue weighted by molar-refractivity contribution is 6.70. The highest BCUT2D eigenvalue weighted by Crippen LogP contribution is 2.31. The van der Waals surface area contributed by atoms with Crippen molar-refractivity contribution in [2.24, 2.45) is 0 Å². The predicted molar refractivity (Wildman–Crippen MR) is 112 cm³/mol. The quantitative estimate of drug-likeness (QED) is 0.281. The van der Waals surface area contributed by atoms with Gasteiger partial charge in [-0.2, -0.15) is 0 Å². The van der Waals surface area contributed by atoms with Crippen molar-refractivity contribution >= 4 is 26.3 Å². The fraction of sp³-hybridized carbons (Fsp3) is 0.273. The third kappa shape index (κ3) is 7.80. The van der Waals surface area contributed by atoms with Gasteiger partial charge < -0.3 is 13.9 Å². The first-order chi connectivity index (χ1) is 13.2. The van der Waals surface area contributed by atoms with Crippen molar-refractivity contribution in [1.29, 1.82) is 0 Å². The van der Waals surface area contributed by atoms with Crippen LogP contribution in [0.15, 0.2) is 54.6 Å². The molecule has 0 saturated carbocycles. The van der Waals surface area contributed by atoms with Gasteiger partial charge in [-0.15, -0.1) is 0 Å². The van der Waals surface area contributed by atoms with Crippen molar-refractivity contribution in [2.45, 2.75) is 33.0 Å². The third-order valence-corrected chi connectivity index (χ3v) is 4.36. The Hall–Kier alpha value is -2.86. The summed E-state index contributed by atoms with van der Waals surface area (Å²) in [5.41, 5.74) is 1.87. The number of carbonyl (C=O) groups excluding carboxylic acids is 2. The summed E-state index contributed by atoms with van der Waals surface area (Å²) in [4.78, 5) is 23.2. The fourth-order valence-electron chi connectivity index (χ4n) is 2.40. The fourth-order valence-corrected chi connectivity index (χ4v) is 3.22. The average Bonchev–Trinajstić information content (AvgIpc) is 2.61. The molecule has 0 aliphatic rings. The van der Waals surface area contributed by atoms with E-state index in [0.29, 0.717) is 24.5 Å². The minimum atomic E-state index is -1.91. The van der Waals surface area contributed by atoms with Crippen LogP contribution in [0.2, 0.25) is 19.6 Å². The summed E-state index contributed by atoms with van der Waals surface area (Å²) in [5, 5.41) is 0. The molecular weight excluding hydrogens is 372 g/mol. The Balaban J connectivity index is 2.00. The highest BCUT2D eigenvalue weighted by Gasteiger charge is 2.19. The molecule has 0 fully saturated rings. The standard InChI is InChI=1S/C22H26O5Si/c1-17(23)26-20-12-10-19(16-21(20)27-28(2,3)4)11-13-22(24)25-15-14-18-8-6-5-7-9-18/h5-13,16H,14-15H2,1-4H3/b13-11+. The van der Waals surface area contributed by atoms with E-state index < -0.39 is 20.3 Å². The maximum absolute atomic E-state index is 11.9. The maximum Gasteiger partial charge on any atom is 0.330 e. The second kappa shape index (κ2) is 9.89. The molecule has 0 heterocycles. The van der Waals surface area contributed by atoms with Gasteiger partial charge in [0.25, 0.3) is 0 Å². The molecule has 5 nitrogen and oxygen atoms in total. The van der Waals surface area contributed by atoms with Gasteiger partial charge in [0, 0.05) is 19.4 Å². The second-order valence-electron chi connectivity index (χ2n) is 7.25. The molecule has 2 aromatic carbocycles. The van der Waals surface area contributed by atoms with Crippen LogP contribution in [0.25, 0.3) is 6.08 Å². The first-order valence-corrected chi connectivity index (χ1v) is 12.5. The van der Waals surface area contributed by atoms with Crippen molar-refractivity contribution in [1.82, 2.24) is 0 Å². The van der Waals surface area contributed by atoms with Gasteiger partial charge in [-0.25, -0.2) is 4.79 Å². The lowest BCUT2D eigenvalue weighted by molar-refractivity contribution is -0.137. The van der Waals surface area contributed by atoms with E-state index in [9.17, 15) is 9.59 Å². The second-order valence-corrected chi connectivity index (χ2v) is 11.7. The minimum Gasteiger partial charge on any atom is -0.542 e. The average molecular weight is 399 g/mol. The number of benzene rings is 2. The monoisotopic (exact) mass is 398 g/mol. The van der Waals surface area contributed by atoms with Crippen LogP contribution in [0.3, 0.4) is 0 Å². The Morgan fingerprint density at radius 2 is 1.71 bits per heavy atom. The van der Waals surface area contributed by atoms with Crippen molar-refractivity contribution in [3.63, 3.8) is 0 Å². The van der Waals surface area contributed by atoms with E-state index in [1.807, 2.05) is 50.0 Å². The lowest BCUT2D eigenvalue weighted by Gasteiger charge is -2.21. The van der Waals surface area contributed by atoms with E-state index in [-0.39, 0.29) is 0 Å². The molecule has 6 heteroatoms. The summed E-state index contributed by atoms with van der Waals surface area (Å²) in [6.45, 7) is 7.78. The summed E-state index contributed by atoms with van der Waals surface area (Å²) in [7, 11) is -1.91. The Bertz CT molecular complexity index is 838. The molecule has 0 atom stereocenters. The molecular formula is C22H26O5Si. The molecule has 0 amide bonds. The van der Waals surface area contributed by atoms with Gasteiger partial charge in [0.15, 0.2) is 5.75 Å². The number of ether oxygens (including phenoxy) is 2. The van der Waals surface area contributed by atoms with E-state index in [2.05, 4.69) is 0 Å². The Morgan fingerprint density at radius 1 is 1.00 bits per heavy atom. The van der Waals surface area contributed by atoms with Crippen LogP contribution in [0, 0.1) is 0 Å². The number of esters is 2. The molecule has 0 aromatic heterocycles. The van der Waals surface area contributed by atoms with Crippen molar-refractivity contribution in [3.05, 3.63) is 65.7 Å². The highest BCUT2D eigenvalue weighted by atomic mass is 28.4. The van der Waals surface area contributed by atoms with E-state index in [1.165, 1.54) is 13.0 Å². The third-order valence-electron chi connectivity index (χ3n) is 3.53. The van der Waals surface area contributed by atoms with Crippen LogP contribution in [-0.4, -0.2) is 26.9 Å². The van der Waals surface area contributed by atoms with Crippen LogP contribution < -0.4 is 9.16 Å². The predicted octanol–water partition coefficient (Wildman–Crippen LogP) is 4.62. The van der Waals surface area contributed by atoms with Gasteiger partial charge in [-0.05, 0) is 49.0 Å². The van der Waals surface area contributed by atoms with Crippen molar-refractivity contribution in [3.8, 4) is 11.5 Å². The lowest BCUT2D eigenvalue weighted by atomic mass is 10.2. The van der Waals surface area contributed by atoms with E-state index in [1.54, 1.807) is 24.3 Å². The zero-order valence-electron chi connectivity index (χ0n) is 16.7. The molecule has 0 unspecified atom stereocenters. The zero-order valence-corrected chi connectivity index (χ0v) is 17.7. The van der Waals surface area contributed by atoms with Gasteiger partial charge in [0.1, 0.15) is 5.75 Å². The normalized spacial score (nSPS) is 11.3. The van der Waals surface area contributed by atoms with Crippen LogP contribution in [0.5, 0.6) is 11.5 Å². The van der Waals surface area contributed by atoms with Gasteiger partial charge in [-0.3, -0.25) is 4.79 Å². The molecule has 28 heavy (non-hydrogen) atoms. The Labute approximate surface area is 167 Å². The molecule has 0 aliphatic heterocycles. The van der Waals surface area contributed by atoms with Crippen LogP contribution >= 0.6 is 0 Å². The van der Waals surface area contributed by atoms with Crippen LogP contribution in [0.1, 0.15) is 18.1 Å². The SMILES string of the molecule is CC(=O)Oc1ccc(/C=C/C(=O)OCCc2ccccc2)cc1O[Si](C)(C)C. The molecule has 0 bridgehead atoms. The molecule has 0 aliphatic carbocycles. The molecule has 0 radical (unpaired) electrons. The van der Waals surface area contributed by atoms with Gasteiger partial charge in [0.05, 0.1) is 6.61 Å². The smallest absolute Gasteiger partial charge is 0.330 e. The van der Waals surface area contributed by atoms with Crippen LogP contribution in [-0.2, 0) is 20.7 Å². The van der Waals surface area contributed by atoms with E-state index in [4.69, 9.17) is 13.9 Å².